The van der Waals surface area contributed by atoms with E-state index in [-0.39, 0.29) is 0 Å². The maximum absolute atomic E-state index is 6.88. The van der Waals surface area contributed by atoms with Crippen molar-refractivity contribution in [2.24, 2.45) is 0 Å². The molecule has 13 aromatic rings. The zero-order valence-corrected chi connectivity index (χ0v) is 32.8. The molecule has 61 heavy (non-hydrogen) atoms. The number of pyridine rings is 1. The van der Waals surface area contributed by atoms with Gasteiger partial charge in [0.1, 0.15) is 17.0 Å². The minimum Gasteiger partial charge on any atom is -0.455 e. The second-order valence-electron chi connectivity index (χ2n) is 15.7. The monoisotopic (exact) mass is 778 g/mol. The number of benzene rings is 9. The van der Waals surface area contributed by atoms with Crippen LogP contribution in [0.25, 0.3) is 122 Å². The SMILES string of the molecule is c1ccc(-n2c(-c3ccc(-c4cc5c(-c6ccc7c(c6)c6ccccc6n7-c6ccccc6)nc6ccccc6c5c5c4oc4ccccc45)cc3)nc3ccccc32)cc1. The van der Waals surface area contributed by atoms with Crippen LogP contribution in [0.4, 0.5) is 0 Å². The van der Waals surface area contributed by atoms with Gasteiger partial charge in [-0.2, -0.15) is 0 Å². The van der Waals surface area contributed by atoms with E-state index in [2.05, 4.69) is 197 Å². The first-order valence-corrected chi connectivity index (χ1v) is 20.7. The van der Waals surface area contributed by atoms with Crippen molar-refractivity contribution >= 4 is 76.5 Å². The lowest BCUT2D eigenvalue weighted by atomic mass is 9.91. The summed E-state index contributed by atoms with van der Waals surface area (Å²) in [5.41, 5.74) is 14.3. The zero-order chi connectivity index (χ0) is 40.0. The summed E-state index contributed by atoms with van der Waals surface area (Å²) in [4.78, 5) is 10.6. The first-order chi connectivity index (χ1) is 30.3. The number of fused-ring (bicyclic) bond motifs is 11. The lowest BCUT2D eigenvalue weighted by Gasteiger charge is -2.15. The van der Waals surface area contributed by atoms with E-state index in [0.29, 0.717) is 0 Å². The van der Waals surface area contributed by atoms with E-state index in [0.717, 1.165) is 105 Å². The molecule has 0 N–H and O–H groups in total. The number of hydrogen-bond donors (Lipinski definition) is 0. The average Bonchev–Trinajstić information content (AvgIpc) is 4.02. The van der Waals surface area contributed by atoms with Crippen molar-refractivity contribution in [3.63, 3.8) is 0 Å². The van der Waals surface area contributed by atoms with Crippen LogP contribution in [0.1, 0.15) is 0 Å². The fraction of sp³-hybridized carbons (Fsp3) is 0. The van der Waals surface area contributed by atoms with Gasteiger partial charge in [-0.25, -0.2) is 9.97 Å². The molecule has 5 nitrogen and oxygen atoms in total. The molecule has 0 aliphatic heterocycles. The minimum absolute atomic E-state index is 0.858. The molecule has 0 aliphatic rings. The van der Waals surface area contributed by atoms with Gasteiger partial charge in [-0.05, 0) is 78.4 Å². The average molecular weight is 779 g/mol. The summed E-state index contributed by atoms with van der Waals surface area (Å²) < 4.78 is 11.5. The first kappa shape index (κ1) is 33.7. The summed E-state index contributed by atoms with van der Waals surface area (Å²) in [6.07, 6.45) is 0. The molecule has 0 unspecified atom stereocenters. The zero-order valence-electron chi connectivity index (χ0n) is 32.8. The number of rotatable bonds is 5. The molecular weight excluding hydrogens is 745 g/mol. The number of furan rings is 1. The van der Waals surface area contributed by atoms with Crippen LogP contribution in [0, 0.1) is 0 Å². The molecule has 0 amide bonds. The van der Waals surface area contributed by atoms with Crippen molar-refractivity contribution in [1.82, 2.24) is 19.1 Å². The van der Waals surface area contributed by atoms with Crippen LogP contribution in [-0.2, 0) is 0 Å². The van der Waals surface area contributed by atoms with Gasteiger partial charge in [0.05, 0.1) is 33.3 Å². The topological polar surface area (TPSA) is 48.8 Å². The Hall–Kier alpha value is -8.28. The van der Waals surface area contributed by atoms with Crippen molar-refractivity contribution in [1.29, 1.82) is 0 Å². The molecule has 0 saturated heterocycles. The van der Waals surface area contributed by atoms with Crippen molar-refractivity contribution in [3.05, 3.63) is 206 Å². The van der Waals surface area contributed by atoms with E-state index in [1.54, 1.807) is 0 Å². The van der Waals surface area contributed by atoms with Gasteiger partial charge in [0.15, 0.2) is 0 Å². The van der Waals surface area contributed by atoms with Crippen LogP contribution >= 0.6 is 0 Å². The molecule has 0 aliphatic carbocycles. The van der Waals surface area contributed by atoms with Gasteiger partial charge in [0.2, 0.25) is 0 Å². The van der Waals surface area contributed by atoms with E-state index in [9.17, 15) is 0 Å². The fourth-order valence-electron chi connectivity index (χ4n) is 9.60. The molecule has 0 bridgehead atoms. The number of nitrogens with zero attached hydrogens (tertiary/aromatic N) is 4. The molecule has 5 heteroatoms. The Kier molecular flexibility index (Phi) is 7.24. The Labute approximate surface area is 350 Å². The van der Waals surface area contributed by atoms with E-state index >= 15 is 0 Å². The normalized spacial score (nSPS) is 11.9. The van der Waals surface area contributed by atoms with Gasteiger partial charge in [0.25, 0.3) is 0 Å². The fourth-order valence-corrected chi connectivity index (χ4v) is 9.60. The van der Waals surface area contributed by atoms with Crippen LogP contribution in [-0.4, -0.2) is 19.1 Å². The molecule has 0 radical (unpaired) electrons. The summed E-state index contributed by atoms with van der Waals surface area (Å²) >= 11 is 0. The smallest absolute Gasteiger partial charge is 0.145 e. The van der Waals surface area contributed by atoms with Crippen molar-refractivity contribution in [2.45, 2.75) is 0 Å². The molecule has 13 rings (SSSR count). The number of hydrogen-bond acceptors (Lipinski definition) is 3. The Morgan fingerprint density at radius 1 is 0.361 bits per heavy atom. The van der Waals surface area contributed by atoms with Crippen molar-refractivity contribution in [2.75, 3.05) is 0 Å². The Morgan fingerprint density at radius 2 is 0.951 bits per heavy atom. The molecule has 0 saturated carbocycles. The van der Waals surface area contributed by atoms with Crippen LogP contribution < -0.4 is 0 Å². The molecule has 4 heterocycles. The third kappa shape index (κ3) is 5.08. The van der Waals surface area contributed by atoms with Crippen molar-refractivity contribution in [3.8, 4) is 45.1 Å². The molecule has 284 valence electrons. The summed E-state index contributed by atoms with van der Waals surface area (Å²) in [6, 6.07) is 72.9. The van der Waals surface area contributed by atoms with E-state index < -0.39 is 0 Å². The highest BCUT2D eigenvalue weighted by Gasteiger charge is 2.23. The van der Waals surface area contributed by atoms with Gasteiger partial charge in [-0.3, -0.25) is 4.57 Å². The van der Waals surface area contributed by atoms with E-state index in [1.807, 2.05) is 18.2 Å². The minimum atomic E-state index is 0.858. The molecule has 4 aromatic heterocycles. The lowest BCUT2D eigenvalue weighted by molar-refractivity contribution is 0.670. The van der Waals surface area contributed by atoms with E-state index in [4.69, 9.17) is 14.4 Å². The summed E-state index contributed by atoms with van der Waals surface area (Å²) in [6.45, 7) is 0. The highest BCUT2D eigenvalue weighted by Crippen LogP contribution is 2.46. The van der Waals surface area contributed by atoms with Gasteiger partial charge in [-0.15, -0.1) is 0 Å². The molecule has 0 atom stereocenters. The highest BCUT2D eigenvalue weighted by atomic mass is 16.3. The largest absolute Gasteiger partial charge is 0.455 e. The quantitative estimate of drug-likeness (QED) is 0.164. The molecule has 0 spiro atoms. The molecular formula is C56H34N4O. The number of para-hydroxylation sites is 7. The van der Waals surface area contributed by atoms with Crippen LogP contribution in [0.2, 0.25) is 0 Å². The Morgan fingerprint density at radius 3 is 1.74 bits per heavy atom. The Balaban J connectivity index is 1.07. The summed E-state index contributed by atoms with van der Waals surface area (Å²) in [5, 5.41) is 7.89. The second kappa shape index (κ2) is 13.1. The summed E-state index contributed by atoms with van der Waals surface area (Å²) in [5.74, 6) is 0.897. The van der Waals surface area contributed by atoms with Gasteiger partial charge in [0, 0.05) is 65.8 Å². The number of aromatic nitrogens is 4. The highest BCUT2D eigenvalue weighted by molar-refractivity contribution is 6.30. The first-order valence-electron chi connectivity index (χ1n) is 20.7. The van der Waals surface area contributed by atoms with Crippen LogP contribution in [0.5, 0.6) is 0 Å². The predicted molar refractivity (Wildman–Crippen MR) is 252 cm³/mol. The third-order valence-corrected chi connectivity index (χ3v) is 12.3. The van der Waals surface area contributed by atoms with Gasteiger partial charge in [-0.1, -0.05) is 133 Å². The summed E-state index contributed by atoms with van der Waals surface area (Å²) in [7, 11) is 0. The molecule has 0 fully saturated rings. The van der Waals surface area contributed by atoms with E-state index in [1.165, 1.54) is 16.3 Å². The third-order valence-electron chi connectivity index (χ3n) is 12.3. The van der Waals surface area contributed by atoms with Gasteiger partial charge >= 0.3 is 0 Å². The van der Waals surface area contributed by atoms with Crippen LogP contribution in [0.3, 0.4) is 0 Å². The Bertz CT molecular complexity index is 3860. The van der Waals surface area contributed by atoms with Gasteiger partial charge < -0.3 is 8.98 Å². The predicted octanol–water partition coefficient (Wildman–Crippen LogP) is 14.7. The maximum Gasteiger partial charge on any atom is 0.145 e. The van der Waals surface area contributed by atoms with Crippen LogP contribution in [0.15, 0.2) is 211 Å². The number of imidazole rings is 1. The van der Waals surface area contributed by atoms with Crippen molar-refractivity contribution < 1.29 is 4.42 Å². The second-order valence-corrected chi connectivity index (χ2v) is 15.7. The standard InChI is InChI=1S/C56H34N4O/c1-3-15-38(16-4-1)59-48-24-12-8-19-40(48)44-33-37(31-32-49(44)59)54-45-34-43(55-53(42-21-9-14-26-51(42)61-55)52(45)41-20-7-10-22-46(41)57-54)35-27-29-36(30-28-35)56-58-47-23-11-13-25-50(47)60(56)39-17-5-2-6-18-39/h1-34H. The lowest BCUT2D eigenvalue weighted by Crippen LogP contribution is -1.97. The maximum atomic E-state index is 6.88. The molecule has 9 aromatic carbocycles.